The molecule has 2 amide bonds. The number of hydrogen-bond acceptors (Lipinski definition) is 8. The summed E-state index contributed by atoms with van der Waals surface area (Å²) < 4.78 is 6.73. The van der Waals surface area contributed by atoms with Crippen LogP contribution in [0.1, 0.15) is 4.88 Å². The molecule has 1 aromatic carbocycles. The van der Waals surface area contributed by atoms with E-state index in [1.807, 2.05) is 23.2 Å². The van der Waals surface area contributed by atoms with Crippen molar-refractivity contribution in [2.24, 2.45) is 0 Å². The minimum atomic E-state index is 0.0853. The highest BCUT2D eigenvalue weighted by Gasteiger charge is 2.24. The Morgan fingerprint density at radius 1 is 1.11 bits per heavy atom. The molecule has 36 heavy (non-hydrogen) atoms. The zero-order valence-electron chi connectivity index (χ0n) is 20.6. The number of hydrogen-bond donors (Lipinski definition) is 1. The van der Waals surface area contributed by atoms with Gasteiger partial charge in [-0.3, -0.25) is 10.00 Å². The number of carbonyl (C=O) groups is 1. The molecular weight excluding hydrogens is 476 g/mol. The molecule has 0 unspecified atom stereocenters. The number of aromatic amines is 1. The lowest BCUT2D eigenvalue weighted by Gasteiger charge is -2.35. The van der Waals surface area contributed by atoms with Crippen molar-refractivity contribution in [2.45, 2.75) is 6.54 Å². The number of benzene rings is 1. The third-order valence-corrected chi connectivity index (χ3v) is 7.95. The molecule has 2 aliphatic rings. The molecule has 0 radical (unpaired) electrons. The summed E-state index contributed by atoms with van der Waals surface area (Å²) in [5.74, 6) is 1.70. The summed E-state index contributed by atoms with van der Waals surface area (Å²) in [5.41, 5.74) is 2.93. The molecule has 1 N–H and O–H groups in total. The molecule has 6 rings (SSSR count). The first-order chi connectivity index (χ1) is 17.6. The summed E-state index contributed by atoms with van der Waals surface area (Å²) in [6.45, 7) is 7.11. The van der Waals surface area contributed by atoms with Crippen LogP contribution in [0.25, 0.3) is 32.5 Å². The number of anilines is 1. The number of urea groups is 1. The van der Waals surface area contributed by atoms with Gasteiger partial charge in [-0.2, -0.15) is 5.10 Å². The SMILES string of the molecule is CN(C)C(=O)N1CCN(Cc2cc3nc(-c4cccc5[nH]ncc45)nc(N4CCOCC4)c3s2)CC1. The highest BCUT2D eigenvalue weighted by atomic mass is 32.1. The van der Waals surface area contributed by atoms with E-state index in [0.717, 1.165) is 84.1 Å². The normalized spacial score (nSPS) is 17.3. The fourth-order valence-corrected chi connectivity index (χ4v) is 6.07. The van der Waals surface area contributed by atoms with Crippen LogP contribution in [0.3, 0.4) is 0 Å². The van der Waals surface area contributed by atoms with Gasteiger partial charge in [0.25, 0.3) is 0 Å². The van der Waals surface area contributed by atoms with E-state index in [1.54, 1.807) is 30.3 Å². The second-order valence-electron chi connectivity index (χ2n) is 9.47. The van der Waals surface area contributed by atoms with Crippen molar-refractivity contribution in [2.75, 3.05) is 71.5 Å². The van der Waals surface area contributed by atoms with Gasteiger partial charge in [-0.15, -0.1) is 11.3 Å². The topological polar surface area (TPSA) is 93.7 Å². The summed E-state index contributed by atoms with van der Waals surface area (Å²) in [6.07, 6.45) is 1.84. The number of thiophene rings is 1. The lowest BCUT2D eigenvalue weighted by molar-refractivity contribution is 0.120. The molecule has 0 bridgehead atoms. The Balaban J connectivity index is 1.32. The molecule has 11 heteroatoms. The number of ether oxygens (including phenoxy) is 1. The Hall–Kier alpha value is -3.28. The smallest absolute Gasteiger partial charge is 0.319 e. The molecule has 0 atom stereocenters. The Morgan fingerprint density at radius 2 is 1.92 bits per heavy atom. The van der Waals surface area contributed by atoms with Crippen LogP contribution in [0.5, 0.6) is 0 Å². The average Bonchev–Trinajstić information content (AvgIpc) is 3.55. The van der Waals surface area contributed by atoms with Crippen molar-refractivity contribution in [3.63, 3.8) is 0 Å². The number of piperazine rings is 1. The largest absolute Gasteiger partial charge is 0.378 e. The van der Waals surface area contributed by atoms with Gasteiger partial charge < -0.3 is 19.4 Å². The van der Waals surface area contributed by atoms with Crippen molar-refractivity contribution < 1.29 is 9.53 Å². The van der Waals surface area contributed by atoms with Crippen LogP contribution in [0, 0.1) is 0 Å². The predicted molar refractivity (Wildman–Crippen MR) is 141 cm³/mol. The summed E-state index contributed by atoms with van der Waals surface area (Å²) in [4.78, 5) is 32.0. The number of nitrogens with zero attached hydrogens (tertiary/aromatic N) is 7. The van der Waals surface area contributed by atoms with Gasteiger partial charge in [0.15, 0.2) is 11.6 Å². The minimum absolute atomic E-state index is 0.0853. The third kappa shape index (κ3) is 4.38. The molecule has 2 aliphatic heterocycles. The quantitative estimate of drug-likeness (QED) is 0.455. The Morgan fingerprint density at radius 3 is 2.69 bits per heavy atom. The predicted octanol–water partition coefficient (Wildman–Crippen LogP) is 2.87. The number of aromatic nitrogens is 4. The average molecular weight is 507 g/mol. The summed E-state index contributed by atoms with van der Waals surface area (Å²) in [7, 11) is 3.61. The number of H-pyrrole nitrogens is 1. The molecule has 188 valence electrons. The lowest BCUT2D eigenvalue weighted by Crippen LogP contribution is -2.51. The first-order valence-corrected chi connectivity index (χ1v) is 13.1. The van der Waals surface area contributed by atoms with Crippen LogP contribution in [-0.2, 0) is 11.3 Å². The van der Waals surface area contributed by atoms with E-state index in [1.165, 1.54) is 4.88 Å². The number of rotatable bonds is 4. The van der Waals surface area contributed by atoms with E-state index < -0.39 is 0 Å². The second-order valence-corrected chi connectivity index (χ2v) is 10.6. The van der Waals surface area contributed by atoms with Crippen LogP contribution in [0.2, 0.25) is 0 Å². The van der Waals surface area contributed by atoms with E-state index in [2.05, 4.69) is 32.1 Å². The van der Waals surface area contributed by atoms with Crippen molar-refractivity contribution >= 4 is 44.3 Å². The van der Waals surface area contributed by atoms with E-state index in [4.69, 9.17) is 14.7 Å². The summed E-state index contributed by atoms with van der Waals surface area (Å²) in [5, 5.41) is 8.29. The standard InChI is InChI=1S/C25H30N8O2S/c1-30(2)25(34)33-8-6-31(7-9-33)16-17-14-21-22(36-17)24(32-10-12-35-13-11-32)28-23(27-21)18-4-3-5-20-19(18)15-26-29-20/h3-5,14-15H,6-13,16H2,1-2H3,(H,26,29). The fourth-order valence-electron chi connectivity index (χ4n) is 4.92. The van der Waals surface area contributed by atoms with Gasteiger partial charge in [0.1, 0.15) is 0 Å². The van der Waals surface area contributed by atoms with E-state index >= 15 is 0 Å². The van der Waals surface area contributed by atoms with Crippen molar-refractivity contribution in [3.05, 3.63) is 35.3 Å². The molecule has 3 aromatic heterocycles. The molecule has 0 aliphatic carbocycles. The van der Waals surface area contributed by atoms with Crippen molar-refractivity contribution in [3.8, 4) is 11.4 Å². The maximum absolute atomic E-state index is 12.3. The van der Waals surface area contributed by atoms with Gasteiger partial charge in [0.2, 0.25) is 0 Å². The highest BCUT2D eigenvalue weighted by molar-refractivity contribution is 7.19. The van der Waals surface area contributed by atoms with Crippen LogP contribution in [0.4, 0.5) is 10.6 Å². The number of amides is 2. The molecular formula is C25H30N8O2S. The maximum atomic E-state index is 12.3. The van der Waals surface area contributed by atoms with Crippen molar-refractivity contribution in [1.82, 2.24) is 34.9 Å². The Kier molecular flexibility index (Phi) is 6.20. The molecule has 0 saturated carbocycles. The number of nitrogens with one attached hydrogen (secondary N) is 1. The van der Waals surface area contributed by atoms with Crippen LogP contribution >= 0.6 is 11.3 Å². The maximum Gasteiger partial charge on any atom is 0.319 e. The molecule has 5 heterocycles. The van der Waals surface area contributed by atoms with Gasteiger partial charge in [-0.1, -0.05) is 12.1 Å². The van der Waals surface area contributed by atoms with E-state index in [9.17, 15) is 4.79 Å². The fraction of sp³-hybridized carbons (Fsp3) is 0.440. The van der Waals surface area contributed by atoms with Gasteiger partial charge in [-0.25, -0.2) is 14.8 Å². The van der Waals surface area contributed by atoms with Crippen LogP contribution < -0.4 is 4.90 Å². The van der Waals surface area contributed by atoms with Crippen molar-refractivity contribution in [1.29, 1.82) is 0 Å². The van der Waals surface area contributed by atoms with E-state index in [0.29, 0.717) is 13.2 Å². The number of fused-ring (bicyclic) bond motifs is 2. The Labute approximate surface area is 213 Å². The highest BCUT2D eigenvalue weighted by Crippen LogP contribution is 2.36. The molecule has 4 aromatic rings. The first kappa shape index (κ1) is 23.1. The van der Waals surface area contributed by atoms with Gasteiger partial charge in [0.05, 0.1) is 35.1 Å². The molecule has 2 fully saturated rings. The van der Waals surface area contributed by atoms with Gasteiger partial charge >= 0.3 is 6.03 Å². The number of carbonyl (C=O) groups excluding carboxylic acids is 1. The third-order valence-electron chi connectivity index (χ3n) is 6.85. The molecule has 2 saturated heterocycles. The minimum Gasteiger partial charge on any atom is -0.378 e. The van der Waals surface area contributed by atoms with Crippen LogP contribution in [0.15, 0.2) is 30.5 Å². The first-order valence-electron chi connectivity index (χ1n) is 12.3. The van der Waals surface area contributed by atoms with Crippen LogP contribution in [-0.4, -0.2) is 107 Å². The monoisotopic (exact) mass is 506 g/mol. The summed E-state index contributed by atoms with van der Waals surface area (Å²) >= 11 is 1.78. The second kappa shape index (κ2) is 9.64. The zero-order valence-corrected chi connectivity index (χ0v) is 21.4. The molecule has 0 spiro atoms. The molecule has 10 nitrogen and oxygen atoms in total. The van der Waals surface area contributed by atoms with E-state index in [-0.39, 0.29) is 6.03 Å². The summed E-state index contributed by atoms with van der Waals surface area (Å²) in [6, 6.07) is 8.38. The zero-order chi connectivity index (χ0) is 24.6. The van der Waals surface area contributed by atoms with Gasteiger partial charge in [-0.05, 0) is 12.1 Å². The Bertz CT molecular complexity index is 1390. The number of morpholine rings is 1. The van der Waals surface area contributed by atoms with Gasteiger partial charge in [0, 0.05) is 75.7 Å². The lowest BCUT2D eigenvalue weighted by atomic mass is 10.1.